The van der Waals surface area contributed by atoms with Crippen LogP contribution in [-0.4, -0.2) is 50.7 Å². The molecule has 1 unspecified atom stereocenters. The van der Waals surface area contributed by atoms with Gasteiger partial charge in [0.05, 0.1) is 18.2 Å². The van der Waals surface area contributed by atoms with E-state index < -0.39 is 0 Å². The lowest BCUT2D eigenvalue weighted by Gasteiger charge is -2.24. The zero-order valence-electron chi connectivity index (χ0n) is 14.9. The smallest absolute Gasteiger partial charge is 0.146 e. The lowest BCUT2D eigenvalue weighted by atomic mass is 10.1. The molecule has 25 heavy (non-hydrogen) atoms. The Morgan fingerprint density at radius 1 is 1.40 bits per heavy atom. The van der Waals surface area contributed by atoms with Gasteiger partial charge in [0.25, 0.3) is 0 Å². The molecule has 1 atom stereocenters. The fourth-order valence-electron chi connectivity index (χ4n) is 3.24. The molecule has 1 aliphatic heterocycles. The van der Waals surface area contributed by atoms with Gasteiger partial charge in [0.15, 0.2) is 0 Å². The van der Waals surface area contributed by atoms with Gasteiger partial charge in [-0.3, -0.25) is 9.80 Å². The third-order valence-corrected chi connectivity index (χ3v) is 5.02. The highest BCUT2D eigenvalue weighted by molar-refractivity contribution is 5.32. The van der Waals surface area contributed by atoms with E-state index in [9.17, 15) is 4.39 Å². The summed E-state index contributed by atoms with van der Waals surface area (Å²) in [6, 6.07) is 7.08. The highest BCUT2D eigenvalue weighted by Gasteiger charge is 2.27. The van der Waals surface area contributed by atoms with Crippen LogP contribution in [0.1, 0.15) is 29.2 Å². The first kappa shape index (κ1) is 17.5. The van der Waals surface area contributed by atoms with Crippen LogP contribution in [-0.2, 0) is 20.1 Å². The molecule has 1 aromatic heterocycles. The normalized spacial score (nSPS) is 18.0. The van der Waals surface area contributed by atoms with E-state index in [4.69, 9.17) is 5.26 Å². The molecule has 1 saturated heterocycles. The molecular formula is C18H23FN6. The first-order valence-corrected chi connectivity index (χ1v) is 8.44. The molecule has 132 valence electrons. The Morgan fingerprint density at radius 2 is 2.20 bits per heavy atom. The van der Waals surface area contributed by atoms with Crippen molar-refractivity contribution in [2.24, 2.45) is 7.05 Å². The van der Waals surface area contributed by atoms with Crippen molar-refractivity contribution < 1.29 is 4.39 Å². The number of nitrogens with zero attached hydrogens (tertiary/aromatic N) is 6. The van der Waals surface area contributed by atoms with Crippen LogP contribution in [0.5, 0.6) is 0 Å². The molecule has 3 rings (SSSR count). The minimum atomic E-state index is -0.301. The van der Waals surface area contributed by atoms with Crippen LogP contribution in [0, 0.1) is 24.1 Å². The van der Waals surface area contributed by atoms with E-state index in [0.29, 0.717) is 23.7 Å². The van der Waals surface area contributed by atoms with Gasteiger partial charge in [-0.15, -0.1) is 10.2 Å². The fraction of sp³-hybridized carbons (Fsp3) is 0.500. The molecule has 2 aromatic rings. The maximum absolute atomic E-state index is 14.1. The van der Waals surface area contributed by atoms with Gasteiger partial charge in [0, 0.05) is 38.3 Å². The first-order valence-electron chi connectivity index (χ1n) is 8.44. The molecule has 0 bridgehead atoms. The van der Waals surface area contributed by atoms with Crippen LogP contribution < -0.4 is 0 Å². The van der Waals surface area contributed by atoms with Gasteiger partial charge in [0.1, 0.15) is 17.5 Å². The number of hydrogen-bond donors (Lipinski definition) is 0. The summed E-state index contributed by atoms with van der Waals surface area (Å²) >= 11 is 0. The predicted octanol–water partition coefficient (Wildman–Crippen LogP) is 1.84. The standard InChI is InChI=1S/C18H23FN6/c1-13-21-22-18(24(13)3)12-23(2)16-6-7-25(11-16)10-15-5-4-14(9-20)8-17(15)19/h4-5,8,16H,6-7,10-12H2,1-3H3. The Labute approximate surface area is 147 Å². The van der Waals surface area contributed by atoms with Crippen LogP contribution >= 0.6 is 0 Å². The summed E-state index contributed by atoms with van der Waals surface area (Å²) in [4.78, 5) is 4.55. The van der Waals surface area contributed by atoms with Gasteiger partial charge in [0.2, 0.25) is 0 Å². The van der Waals surface area contributed by atoms with Crippen LogP contribution in [0.15, 0.2) is 18.2 Å². The lowest BCUT2D eigenvalue weighted by Crippen LogP contribution is -2.34. The molecule has 6 nitrogen and oxygen atoms in total. The van der Waals surface area contributed by atoms with E-state index >= 15 is 0 Å². The fourth-order valence-corrected chi connectivity index (χ4v) is 3.24. The summed E-state index contributed by atoms with van der Waals surface area (Å²) in [7, 11) is 4.08. The third kappa shape index (κ3) is 3.86. The van der Waals surface area contributed by atoms with Crippen molar-refractivity contribution in [3.8, 4) is 6.07 Å². The summed E-state index contributed by atoms with van der Waals surface area (Å²) in [5.41, 5.74) is 1.01. The molecule has 2 heterocycles. The van der Waals surface area contributed by atoms with E-state index in [2.05, 4.69) is 27.0 Å². The number of likely N-dealkylation sites (tertiary alicyclic amines) is 1. The van der Waals surface area contributed by atoms with Crippen molar-refractivity contribution in [2.75, 3.05) is 20.1 Å². The number of rotatable bonds is 5. The molecule has 1 fully saturated rings. The largest absolute Gasteiger partial charge is 0.317 e. The summed E-state index contributed by atoms with van der Waals surface area (Å²) in [6.07, 6.45) is 1.05. The van der Waals surface area contributed by atoms with E-state index in [1.165, 1.54) is 6.07 Å². The minimum Gasteiger partial charge on any atom is -0.317 e. The number of benzene rings is 1. The average molecular weight is 342 g/mol. The molecule has 1 aliphatic rings. The van der Waals surface area contributed by atoms with Crippen molar-refractivity contribution in [3.63, 3.8) is 0 Å². The zero-order chi connectivity index (χ0) is 18.0. The number of nitriles is 1. The monoisotopic (exact) mass is 342 g/mol. The second kappa shape index (κ2) is 7.30. The van der Waals surface area contributed by atoms with Crippen molar-refractivity contribution in [3.05, 3.63) is 46.8 Å². The summed E-state index contributed by atoms with van der Waals surface area (Å²) < 4.78 is 16.1. The number of likely N-dealkylation sites (N-methyl/N-ethyl adjacent to an activating group) is 1. The Kier molecular flexibility index (Phi) is 5.11. The second-order valence-corrected chi connectivity index (χ2v) is 6.73. The molecule has 0 saturated carbocycles. The van der Waals surface area contributed by atoms with Crippen molar-refractivity contribution >= 4 is 0 Å². The third-order valence-electron chi connectivity index (χ3n) is 5.02. The summed E-state index contributed by atoms with van der Waals surface area (Å²) in [5.74, 6) is 1.56. The van der Waals surface area contributed by atoms with Crippen molar-refractivity contribution in [1.82, 2.24) is 24.6 Å². The van der Waals surface area contributed by atoms with Crippen LogP contribution in [0.4, 0.5) is 4.39 Å². The average Bonchev–Trinajstić information content (AvgIpc) is 3.19. The number of aryl methyl sites for hydroxylation is 1. The zero-order valence-corrected chi connectivity index (χ0v) is 14.9. The van der Waals surface area contributed by atoms with Gasteiger partial charge < -0.3 is 4.57 Å². The van der Waals surface area contributed by atoms with Gasteiger partial charge in [-0.1, -0.05) is 6.07 Å². The van der Waals surface area contributed by atoms with Crippen molar-refractivity contribution in [1.29, 1.82) is 5.26 Å². The molecule has 0 N–H and O–H groups in total. The van der Waals surface area contributed by atoms with Crippen LogP contribution in [0.3, 0.4) is 0 Å². The molecule has 1 aromatic carbocycles. The number of aromatic nitrogens is 3. The summed E-state index contributed by atoms with van der Waals surface area (Å²) in [6.45, 7) is 5.10. The molecule has 7 heteroatoms. The van der Waals surface area contributed by atoms with E-state index in [1.807, 2.05) is 24.6 Å². The van der Waals surface area contributed by atoms with Crippen LogP contribution in [0.25, 0.3) is 0 Å². The highest BCUT2D eigenvalue weighted by atomic mass is 19.1. The first-order chi connectivity index (χ1) is 12.0. The van der Waals surface area contributed by atoms with Gasteiger partial charge in [-0.05, 0) is 32.5 Å². The molecule has 0 amide bonds. The van der Waals surface area contributed by atoms with E-state index in [0.717, 1.165) is 37.7 Å². The van der Waals surface area contributed by atoms with Gasteiger partial charge in [-0.25, -0.2) is 4.39 Å². The quantitative estimate of drug-likeness (QED) is 0.830. The van der Waals surface area contributed by atoms with E-state index in [-0.39, 0.29) is 5.82 Å². The Morgan fingerprint density at radius 3 is 2.84 bits per heavy atom. The van der Waals surface area contributed by atoms with Crippen molar-refractivity contribution in [2.45, 2.75) is 32.5 Å². The maximum atomic E-state index is 14.1. The Balaban J connectivity index is 1.58. The topological polar surface area (TPSA) is 61.0 Å². The maximum Gasteiger partial charge on any atom is 0.146 e. The number of halogens is 1. The SMILES string of the molecule is Cc1nnc(CN(C)C2CCN(Cc3ccc(C#N)cc3F)C2)n1C. The van der Waals surface area contributed by atoms with Gasteiger partial charge >= 0.3 is 0 Å². The highest BCUT2D eigenvalue weighted by Crippen LogP contribution is 2.20. The van der Waals surface area contributed by atoms with E-state index in [1.54, 1.807) is 12.1 Å². The predicted molar refractivity (Wildman–Crippen MR) is 92.0 cm³/mol. The van der Waals surface area contributed by atoms with Crippen LogP contribution in [0.2, 0.25) is 0 Å². The summed E-state index contributed by atoms with van der Waals surface area (Å²) in [5, 5.41) is 17.2. The Hall–Kier alpha value is -2.30. The Bertz CT molecular complexity index is 793. The molecular weight excluding hydrogens is 319 g/mol. The lowest BCUT2D eigenvalue weighted by molar-refractivity contribution is 0.216. The second-order valence-electron chi connectivity index (χ2n) is 6.73. The minimum absolute atomic E-state index is 0.301. The molecule has 0 radical (unpaired) electrons. The van der Waals surface area contributed by atoms with Gasteiger partial charge in [-0.2, -0.15) is 5.26 Å². The molecule has 0 spiro atoms. The number of hydrogen-bond acceptors (Lipinski definition) is 5. The molecule has 0 aliphatic carbocycles.